The van der Waals surface area contributed by atoms with Gasteiger partial charge in [-0.2, -0.15) is 0 Å². The quantitative estimate of drug-likeness (QED) is 0.215. The van der Waals surface area contributed by atoms with Crippen LogP contribution in [-0.2, 0) is 25.7 Å². The highest BCUT2D eigenvalue weighted by atomic mass is 16.5. The molecule has 0 N–H and O–H groups in total. The molecule has 0 saturated heterocycles. The van der Waals surface area contributed by atoms with E-state index in [0.29, 0.717) is 6.61 Å². The summed E-state index contributed by atoms with van der Waals surface area (Å²) in [4.78, 5) is 23.5. The first kappa shape index (κ1) is 25.2. The zero-order valence-electron chi connectivity index (χ0n) is 18.5. The number of hydrogen-bond acceptors (Lipinski definition) is 4. The number of carbonyl (C=O) groups is 2. The summed E-state index contributed by atoms with van der Waals surface area (Å²) in [5.74, 6) is -0.678. The Balaban J connectivity index is 1.90. The van der Waals surface area contributed by atoms with Gasteiger partial charge in [-0.25, -0.2) is 0 Å². The molecule has 0 aliphatic heterocycles. The molecule has 0 aliphatic carbocycles. The fraction of sp³-hybridized carbons (Fsp3) is 0.680. The third-order valence-corrected chi connectivity index (χ3v) is 5.03. The van der Waals surface area contributed by atoms with Crippen LogP contribution >= 0.6 is 0 Å². The zero-order chi connectivity index (χ0) is 21.2. The van der Waals surface area contributed by atoms with Gasteiger partial charge in [0, 0.05) is 0 Å². The average Bonchev–Trinajstić information content (AvgIpc) is 2.71. The van der Waals surface area contributed by atoms with E-state index >= 15 is 0 Å². The molecule has 4 heteroatoms. The summed E-state index contributed by atoms with van der Waals surface area (Å²) in [6.45, 7) is 4.94. The molecule has 0 heterocycles. The normalized spacial score (nSPS) is 10.7. The molecule has 0 saturated carbocycles. The number of aryl methyl sites for hydroxylation is 1. The maximum atomic E-state index is 11.8. The van der Waals surface area contributed by atoms with Gasteiger partial charge >= 0.3 is 11.9 Å². The van der Waals surface area contributed by atoms with Gasteiger partial charge in [-0.1, -0.05) is 101 Å². The van der Waals surface area contributed by atoms with E-state index in [9.17, 15) is 9.59 Å². The molecule has 0 unspecified atom stereocenters. The summed E-state index contributed by atoms with van der Waals surface area (Å²) in [5.41, 5.74) is 2.09. The van der Waals surface area contributed by atoms with Gasteiger partial charge in [0.25, 0.3) is 0 Å². The Morgan fingerprint density at radius 3 is 1.90 bits per heavy atom. The van der Waals surface area contributed by atoms with Crippen molar-refractivity contribution >= 4 is 11.9 Å². The molecule has 4 nitrogen and oxygen atoms in total. The molecule has 164 valence electrons. The minimum Gasteiger partial charge on any atom is -0.466 e. The molecule has 1 aromatic carbocycles. The molecule has 1 rings (SSSR count). The van der Waals surface area contributed by atoms with E-state index in [-0.39, 0.29) is 31.4 Å². The third-order valence-electron chi connectivity index (χ3n) is 5.03. The van der Waals surface area contributed by atoms with Crippen molar-refractivity contribution < 1.29 is 19.1 Å². The van der Waals surface area contributed by atoms with Crippen LogP contribution in [0.15, 0.2) is 24.3 Å². The predicted octanol–water partition coefficient (Wildman–Crippen LogP) is 6.67. The van der Waals surface area contributed by atoms with Crippen LogP contribution in [0, 0.1) is 6.92 Å². The summed E-state index contributed by atoms with van der Waals surface area (Å²) in [6.07, 6.45) is 14.1. The van der Waals surface area contributed by atoms with Crippen LogP contribution in [0.2, 0.25) is 0 Å². The Morgan fingerprint density at radius 2 is 1.31 bits per heavy atom. The van der Waals surface area contributed by atoms with Crippen molar-refractivity contribution in [3.8, 4) is 0 Å². The fourth-order valence-corrected chi connectivity index (χ4v) is 3.27. The molecular formula is C25H40O4. The number of benzene rings is 1. The lowest BCUT2D eigenvalue weighted by Gasteiger charge is -2.07. The topological polar surface area (TPSA) is 52.6 Å². The maximum absolute atomic E-state index is 11.8. The molecule has 29 heavy (non-hydrogen) atoms. The highest BCUT2D eigenvalue weighted by molar-refractivity contribution is 5.77. The molecule has 0 atom stereocenters. The largest absolute Gasteiger partial charge is 0.466 e. The Bertz CT molecular complexity index is 568. The average molecular weight is 405 g/mol. The van der Waals surface area contributed by atoms with Gasteiger partial charge < -0.3 is 9.47 Å². The highest BCUT2D eigenvalue weighted by Gasteiger charge is 2.09. The smallest absolute Gasteiger partial charge is 0.306 e. The summed E-state index contributed by atoms with van der Waals surface area (Å²) >= 11 is 0. The number of rotatable bonds is 17. The van der Waals surface area contributed by atoms with Crippen LogP contribution < -0.4 is 0 Å². The second kappa shape index (κ2) is 17.1. The van der Waals surface area contributed by atoms with Crippen LogP contribution in [0.1, 0.15) is 102 Å². The van der Waals surface area contributed by atoms with Gasteiger partial charge in [0.2, 0.25) is 0 Å². The molecule has 0 aliphatic rings. The monoisotopic (exact) mass is 404 g/mol. The predicted molar refractivity (Wildman–Crippen MR) is 118 cm³/mol. The molecule has 0 radical (unpaired) electrons. The standard InChI is InChI=1S/C25H40O4/c1-3-4-5-6-7-8-9-10-11-12-13-19-28-24(26)17-18-25(27)29-21-23-16-14-15-22(2)20-23/h14-16,20H,3-13,17-19,21H2,1-2H3. The number of esters is 2. The van der Waals surface area contributed by atoms with Gasteiger partial charge in [-0.3, -0.25) is 9.59 Å². The van der Waals surface area contributed by atoms with Gasteiger partial charge in [0.15, 0.2) is 0 Å². The van der Waals surface area contributed by atoms with Gasteiger partial charge in [0.05, 0.1) is 19.4 Å². The summed E-state index contributed by atoms with van der Waals surface area (Å²) in [7, 11) is 0. The molecule has 1 aromatic rings. The molecule has 0 aromatic heterocycles. The van der Waals surface area contributed by atoms with Crippen LogP contribution in [-0.4, -0.2) is 18.5 Å². The number of carbonyl (C=O) groups excluding carboxylic acids is 2. The number of ether oxygens (including phenoxy) is 2. The van der Waals surface area contributed by atoms with Gasteiger partial charge in [0.1, 0.15) is 6.61 Å². The fourth-order valence-electron chi connectivity index (χ4n) is 3.27. The van der Waals surface area contributed by atoms with Crippen LogP contribution in [0.3, 0.4) is 0 Å². The lowest BCUT2D eigenvalue weighted by atomic mass is 10.1. The maximum Gasteiger partial charge on any atom is 0.306 e. The molecule has 0 fully saturated rings. The van der Waals surface area contributed by atoms with E-state index in [1.54, 1.807) is 0 Å². The van der Waals surface area contributed by atoms with Crippen molar-refractivity contribution in [3.05, 3.63) is 35.4 Å². The van der Waals surface area contributed by atoms with Crippen molar-refractivity contribution in [2.75, 3.05) is 6.61 Å². The van der Waals surface area contributed by atoms with E-state index in [2.05, 4.69) is 6.92 Å². The van der Waals surface area contributed by atoms with Crippen molar-refractivity contribution in [2.45, 2.75) is 104 Å². The molecular weight excluding hydrogens is 364 g/mol. The third kappa shape index (κ3) is 14.8. The van der Waals surface area contributed by atoms with Crippen molar-refractivity contribution in [1.29, 1.82) is 0 Å². The summed E-state index contributed by atoms with van der Waals surface area (Å²) in [5, 5.41) is 0. The van der Waals surface area contributed by atoms with Crippen molar-refractivity contribution in [2.24, 2.45) is 0 Å². The van der Waals surface area contributed by atoms with Crippen LogP contribution in [0.25, 0.3) is 0 Å². The Kier molecular flexibility index (Phi) is 14.8. The second-order valence-corrected chi connectivity index (χ2v) is 7.91. The van der Waals surface area contributed by atoms with Crippen molar-refractivity contribution in [1.82, 2.24) is 0 Å². The first-order valence-electron chi connectivity index (χ1n) is 11.5. The molecule has 0 bridgehead atoms. The second-order valence-electron chi connectivity index (χ2n) is 7.91. The highest BCUT2D eigenvalue weighted by Crippen LogP contribution is 2.11. The van der Waals surface area contributed by atoms with E-state index < -0.39 is 0 Å². The first-order valence-corrected chi connectivity index (χ1v) is 11.5. The number of unbranched alkanes of at least 4 members (excludes halogenated alkanes) is 10. The first-order chi connectivity index (χ1) is 14.1. The van der Waals surface area contributed by atoms with Crippen LogP contribution in [0.4, 0.5) is 0 Å². The minimum atomic E-state index is -0.363. The van der Waals surface area contributed by atoms with E-state index in [0.717, 1.165) is 24.0 Å². The Hall–Kier alpha value is -1.84. The summed E-state index contributed by atoms with van der Waals surface area (Å²) < 4.78 is 10.4. The zero-order valence-corrected chi connectivity index (χ0v) is 18.5. The molecule has 0 amide bonds. The number of hydrogen-bond donors (Lipinski definition) is 0. The van der Waals surface area contributed by atoms with Gasteiger partial charge in [-0.05, 0) is 18.9 Å². The van der Waals surface area contributed by atoms with Crippen LogP contribution in [0.5, 0.6) is 0 Å². The van der Waals surface area contributed by atoms with Gasteiger partial charge in [-0.15, -0.1) is 0 Å². The lowest BCUT2D eigenvalue weighted by molar-refractivity contribution is -0.151. The van der Waals surface area contributed by atoms with E-state index in [4.69, 9.17) is 9.47 Å². The minimum absolute atomic E-state index is 0.0723. The van der Waals surface area contributed by atoms with Crippen molar-refractivity contribution in [3.63, 3.8) is 0 Å². The summed E-state index contributed by atoms with van der Waals surface area (Å²) in [6, 6.07) is 7.83. The SMILES string of the molecule is CCCCCCCCCCCCCOC(=O)CCC(=O)OCc1cccc(C)c1. The van der Waals surface area contributed by atoms with E-state index in [1.165, 1.54) is 57.8 Å². The Labute approximate surface area is 177 Å². The lowest BCUT2D eigenvalue weighted by Crippen LogP contribution is -2.11. The Morgan fingerprint density at radius 1 is 0.759 bits per heavy atom. The van der Waals surface area contributed by atoms with E-state index in [1.807, 2.05) is 31.2 Å². The molecule has 0 spiro atoms.